The van der Waals surface area contributed by atoms with Gasteiger partial charge in [0.2, 0.25) is 0 Å². The molecule has 28 heavy (non-hydrogen) atoms. The number of thiazole rings is 2. The molecule has 4 aromatic rings. The molecule has 0 fully saturated rings. The molecular weight excluding hydrogens is 392 g/mol. The highest BCUT2D eigenvalue weighted by Gasteiger charge is 2.17. The maximum atomic E-state index is 12.2. The van der Waals surface area contributed by atoms with Crippen molar-refractivity contribution >= 4 is 44.8 Å². The van der Waals surface area contributed by atoms with E-state index in [9.17, 15) is 9.59 Å². The van der Waals surface area contributed by atoms with E-state index in [1.54, 1.807) is 0 Å². The summed E-state index contributed by atoms with van der Waals surface area (Å²) in [6.45, 7) is 0. The largest absolute Gasteiger partial charge is 0.315 e. The topological polar surface area (TPSA) is 84.0 Å². The minimum atomic E-state index is -0.787. The van der Waals surface area contributed by atoms with Crippen molar-refractivity contribution in [1.29, 1.82) is 0 Å². The number of nitrogens with zero attached hydrogens (tertiary/aromatic N) is 2. The first-order chi connectivity index (χ1) is 13.7. The monoisotopic (exact) mass is 406 g/mol. The lowest BCUT2D eigenvalue weighted by atomic mass is 10.2. The third kappa shape index (κ3) is 4.13. The van der Waals surface area contributed by atoms with E-state index in [0.717, 1.165) is 22.5 Å². The van der Waals surface area contributed by atoms with Crippen LogP contribution in [0.3, 0.4) is 0 Å². The zero-order valence-electron chi connectivity index (χ0n) is 14.5. The number of aromatic nitrogens is 2. The van der Waals surface area contributed by atoms with Crippen molar-refractivity contribution in [2.45, 2.75) is 0 Å². The molecule has 0 aliphatic rings. The highest BCUT2D eigenvalue weighted by atomic mass is 32.1. The van der Waals surface area contributed by atoms with Crippen molar-refractivity contribution in [1.82, 2.24) is 9.97 Å². The van der Waals surface area contributed by atoms with E-state index in [4.69, 9.17) is 0 Å². The van der Waals surface area contributed by atoms with Gasteiger partial charge < -0.3 is 0 Å². The molecule has 2 heterocycles. The number of benzene rings is 2. The number of carbonyl (C=O) groups excluding carboxylic acids is 2. The molecule has 2 aromatic heterocycles. The SMILES string of the molecule is O=C(Nc1nc(-c2ccccc2)cs1)C(=O)Nc1nc(-c2ccccc2)cs1. The van der Waals surface area contributed by atoms with Gasteiger partial charge in [-0.05, 0) is 0 Å². The maximum Gasteiger partial charge on any atom is 0.315 e. The van der Waals surface area contributed by atoms with Crippen LogP contribution in [0, 0.1) is 0 Å². The fraction of sp³-hybridized carbons (Fsp3) is 0. The summed E-state index contributed by atoms with van der Waals surface area (Å²) in [7, 11) is 0. The Labute approximate surface area is 168 Å². The molecule has 2 aromatic carbocycles. The van der Waals surface area contributed by atoms with Crippen LogP contribution in [0.15, 0.2) is 71.4 Å². The molecule has 0 saturated carbocycles. The average Bonchev–Trinajstić information content (AvgIpc) is 3.39. The highest BCUT2D eigenvalue weighted by Crippen LogP contribution is 2.26. The molecule has 2 N–H and O–H groups in total. The Bertz CT molecular complexity index is 1020. The van der Waals surface area contributed by atoms with Gasteiger partial charge in [-0.2, -0.15) is 0 Å². The molecule has 0 aliphatic carbocycles. The van der Waals surface area contributed by atoms with Crippen LogP contribution in [0.4, 0.5) is 10.3 Å². The van der Waals surface area contributed by atoms with E-state index >= 15 is 0 Å². The summed E-state index contributed by atoms with van der Waals surface area (Å²) >= 11 is 2.52. The molecule has 0 spiro atoms. The summed E-state index contributed by atoms with van der Waals surface area (Å²) in [5.74, 6) is -1.57. The number of amides is 2. The van der Waals surface area contributed by atoms with Crippen molar-refractivity contribution in [2.24, 2.45) is 0 Å². The molecule has 8 heteroatoms. The summed E-state index contributed by atoms with van der Waals surface area (Å²) < 4.78 is 0. The van der Waals surface area contributed by atoms with Crippen LogP contribution < -0.4 is 10.6 Å². The summed E-state index contributed by atoms with van der Waals surface area (Å²) in [4.78, 5) is 33.0. The number of hydrogen-bond acceptors (Lipinski definition) is 6. The van der Waals surface area contributed by atoms with Crippen LogP contribution in [0.1, 0.15) is 0 Å². The number of nitrogens with one attached hydrogen (secondary N) is 2. The molecule has 0 aliphatic heterocycles. The highest BCUT2D eigenvalue weighted by molar-refractivity contribution is 7.14. The first kappa shape index (κ1) is 18.0. The van der Waals surface area contributed by atoms with Gasteiger partial charge in [0.05, 0.1) is 11.4 Å². The lowest BCUT2D eigenvalue weighted by Gasteiger charge is -2.01. The van der Waals surface area contributed by atoms with E-state index in [2.05, 4.69) is 20.6 Å². The molecule has 0 atom stereocenters. The van der Waals surface area contributed by atoms with Crippen molar-refractivity contribution in [2.75, 3.05) is 10.6 Å². The molecule has 4 rings (SSSR count). The van der Waals surface area contributed by atoms with Crippen LogP contribution in [-0.4, -0.2) is 21.8 Å². The Kier molecular flexibility index (Phi) is 5.22. The lowest BCUT2D eigenvalue weighted by Crippen LogP contribution is -2.28. The summed E-state index contributed by atoms with van der Waals surface area (Å²) in [5.41, 5.74) is 3.38. The summed E-state index contributed by atoms with van der Waals surface area (Å²) in [6.07, 6.45) is 0. The number of carbonyl (C=O) groups is 2. The Hall–Kier alpha value is -3.36. The van der Waals surface area contributed by atoms with Crippen LogP contribution in [0.2, 0.25) is 0 Å². The van der Waals surface area contributed by atoms with Gasteiger partial charge in [-0.15, -0.1) is 22.7 Å². The van der Waals surface area contributed by atoms with Crippen molar-refractivity contribution < 1.29 is 9.59 Å². The first-order valence-corrected chi connectivity index (χ1v) is 10.1. The first-order valence-electron chi connectivity index (χ1n) is 8.33. The minimum Gasteiger partial charge on any atom is -0.294 e. The van der Waals surface area contributed by atoms with Crippen LogP contribution >= 0.6 is 22.7 Å². The van der Waals surface area contributed by atoms with Crippen LogP contribution in [0.25, 0.3) is 22.5 Å². The standard InChI is InChI=1S/C20H14N4O2S2/c25-17(23-19-21-15(11-27-19)13-7-3-1-4-8-13)18(26)24-20-22-16(12-28-20)14-9-5-2-6-10-14/h1-12H,(H,21,23,25)(H,22,24,26). The van der Waals surface area contributed by atoms with E-state index in [1.807, 2.05) is 71.4 Å². The van der Waals surface area contributed by atoms with Gasteiger partial charge in [-0.1, -0.05) is 60.7 Å². The van der Waals surface area contributed by atoms with Crippen molar-refractivity contribution in [3.8, 4) is 22.5 Å². The minimum absolute atomic E-state index is 0.364. The Morgan fingerprint density at radius 3 is 1.43 bits per heavy atom. The van der Waals surface area contributed by atoms with Gasteiger partial charge in [-0.3, -0.25) is 20.2 Å². The molecule has 0 bridgehead atoms. The fourth-order valence-electron chi connectivity index (χ4n) is 2.45. The van der Waals surface area contributed by atoms with E-state index in [0.29, 0.717) is 10.3 Å². The molecule has 0 unspecified atom stereocenters. The maximum absolute atomic E-state index is 12.2. The predicted octanol–water partition coefficient (Wildman–Crippen LogP) is 4.51. The molecule has 2 amide bonds. The van der Waals surface area contributed by atoms with Gasteiger partial charge >= 0.3 is 11.8 Å². The zero-order valence-corrected chi connectivity index (χ0v) is 16.1. The second kappa shape index (κ2) is 8.12. The second-order valence-corrected chi connectivity index (χ2v) is 7.43. The third-order valence-electron chi connectivity index (χ3n) is 3.79. The van der Waals surface area contributed by atoms with E-state index < -0.39 is 11.8 Å². The predicted molar refractivity (Wildman–Crippen MR) is 112 cm³/mol. The Morgan fingerprint density at radius 2 is 1.04 bits per heavy atom. The molecule has 0 saturated heterocycles. The van der Waals surface area contributed by atoms with Crippen LogP contribution in [0.5, 0.6) is 0 Å². The molecule has 0 radical (unpaired) electrons. The van der Waals surface area contributed by atoms with E-state index in [1.165, 1.54) is 22.7 Å². The molecular formula is C20H14N4O2S2. The quantitative estimate of drug-likeness (QED) is 0.489. The lowest BCUT2D eigenvalue weighted by molar-refractivity contribution is -0.132. The fourth-order valence-corrected chi connectivity index (χ4v) is 3.88. The van der Waals surface area contributed by atoms with Crippen molar-refractivity contribution in [3.05, 3.63) is 71.4 Å². The number of rotatable bonds is 4. The number of hydrogen-bond donors (Lipinski definition) is 2. The average molecular weight is 406 g/mol. The normalized spacial score (nSPS) is 10.4. The second-order valence-electron chi connectivity index (χ2n) is 5.72. The zero-order chi connectivity index (χ0) is 19.3. The van der Waals surface area contributed by atoms with Gasteiger partial charge in [0, 0.05) is 21.9 Å². The number of anilines is 2. The smallest absolute Gasteiger partial charge is 0.294 e. The van der Waals surface area contributed by atoms with Crippen molar-refractivity contribution in [3.63, 3.8) is 0 Å². The third-order valence-corrected chi connectivity index (χ3v) is 5.31. The Balaban J connectivity index is 1.39. The summed E-state index contributed by atoms with van der Waals surface area (Å²) in [6, 6.07) is 19.2. The van der Waals surface area contributed by atoms with Gasteiger partial charge in [0.1, 0.15) is 0 Å². The molecule has 6 nitrogen and oxygen atoms in total. The van der Waals surface area contributed by atoms with Gasteiger partial charge in [0.15, 0.2) is 10.3 Å². The summed E-state index contributed by atoms with van der Waals surface area (Å²) in [5, 5.41) is 9.43. The van der Waals surface area contributed by atoms with Gasteiger partial charge in [-0.25, -0.2) is 9.97 Å². The van der Waals surface area contributed by atoms with E-state index in [-0.39, 0.29) is 0 Å². The molecule has 138 valence electrons. The Morgan fingerprint density at radius 1 is 0.643 bits per heavy atom. The van der Waals surface area contributed by atoms with Crippen LogP contribution in [-0.2, 0) is 9.59 Å². The van der Waals surface area contributed by atoms with Gasteiger partial charge in [0.25, 0.3) is 0 Å².